The van der Waals surface area contributed by atoms with Gasteiger partial charge in [0, 0.05) is 19.6 Å². The maximum absolute atomic E-state index is 11.1. The van der Waals surface area contributed by atoms with Gasteiger partial charge in [-0.15, -0.1) is 0 Å². The molecule has 1 rings (SSSR count). The van der Waals surface area contributed by atoms with Gasteiger partial charge in [-0.05, 0) is 19.3 Å². The number of ether oxygens (including phenoxy) is 1. The molecule has 0 aliphatic carbocycles. The summed E-state index contributed by atoms with van der Waals surface area (Å²) in [6, 6.07) is 0. The van der Waals surface area contributed by atoms with Crippen molar-refractivity contribution >= 4 is 5.97 Å². The van der Waals surface area contributed by atoms with E-state index in [1.54, 1.807) is 0 Å². The number of hydrogen-bond acceptors (Lipinski definition) is 3. The molecule has 0 spiro atoms. The summed E-state index contributed by atoms with van der Waals surface area (Å²) in [5.74, 6) is -1.54. The highest BCUT2D eigenvalue weighted by Crippen LogP contribution is 2.32. The van der Waals surface area contributed by atoms with Crippen LogP contribution < -0.4 is 0 Å². The number of aliphatic hydroxyl groups is 1. The molecule has 1 fully saturated rings. The number of aliphatic carboxylic acids is 1. The number of rotatable bonds is 4. The van der Waals surface area contributed by atoms with Crippen LogP contribution in [0, 0.1) is 5.92 Å². The molecular formula is C11H20O4. The largest absolute Gasteiger partial charge is 0.481 e. The van der Waals surface area contributed by atoms with Crippen molar-refractivity contribution in [2.24, 2.45) is 5.92 Å². The summed E-state index contributed by atoms with van der Waals surface area (Å²) in [6.45, 7) is 3.03. The van der Waals surface area contributed by atoms with Crippen molar-refractivity contribution in [3.8, 4) is 0 Å². The smallest absolute Gasteiger partial charge is 0.309 e. The lowest BCUT2D eigenvalue weighted by Gasteiger charge is -2.32. The predicted molar refractivity (Wildman–Crippen MR) is 55.7 cm³/mol. The van der Waals surface area contributed by atoms with E-state index in [4.69, 9.17) is 9.84 Å². The molecule has 0 amide bonds. The molecule has 4 nitrogen and oxygen atoms in total. The van der Waals surface area contributed by atoms with Gasteiger partial charge in [-0.1, -0.05) is 13.3 Å². The molecular weight excluding hydrogens is 196 g/mol. The minimum atomic E-state index is -1.07. The van der Waals surface area contributed by atoms with Gasteiger partial charge in [0.25, 0.3) is 0 Å². The van der Waals surface area contributed by atoms with Crippen LogP contribution in [-0.2, 0) is 9.53 Å². The Morgan fingerprint density at radius 2 is 2.20 bits per heavy atom. The van der Waals surface area contributed by atoms with Gasteiger partial charge >= 0.3 is 5.97 Å². The van der Waals surface area contributed by atoms with Crippen molar-refractivity contribution in [2.45, 2.75) is 44.6 Å². The Morgan fingerprint density at radius 3 is 2.80 bits per heavy atom. The van der Waals surface area contributed by atoms with E-state index in [0.717, 1.165) is 12.8 Å². The highest BCUT2D eigenvalue weighted by molar-refractivity contribution is 5.71. The van der Waals surface area contributed by atoms with Gasteiger partial charge in [-0.25, -0.2) is 0 Å². The van der Waals surface area contributed by atoms with E-state index in [0.29, 0.717) is 32.5 Å². The molecule has 4 heteroatoms. The van der Waals surface area contributed by atoms with Crippen molar-refractivity contribution in [3.63, 3.8) is 0 Å². The molecule has 0 aromatic carbocycles. The first kappa shape index (κ1) is 12.5. The molecule has 15 heavy (non-hydrogen) atoms. The molecule has 1 heterocycles. The third-order valence-electron chi connectivity index (χ3n) is 3.10. The first-order valence-corrected chi connectivity index (χ1v) is 5.63. The Kier molecular flexibility index (Phi) is 4.54. The van der Waals surface area contributed by atoms with Gasteiger partial charge < -0.3 is 14.9 Å². The normalized spacial score (nSPS) is 29.5. The van der Waals surface area contributed by atoms with Crippen LogP contribution >= 0.6 is 0 Å². The highest BCUT2D eigenvalue weighted by atomic mass is 16.5. The second kappa shape index (κ2) is 5.47. The fourth-order valence-electron chi connectivity index (χ4n) is 2.22. The summed E-state index contributed by atoms with van der Waals surface area (Å²) in [4.78, 5) is 11.1. The van der Waals surface area contributed by atoms with Crippen LogP contribution in [0.3, 0.4) is 0 Å². The van der Waals surface area contributed by atoms with E-state index in [9.17, 15) is 9.90 Å². The van der Waals surface area contributed by atoms with E-state index in [2.05, 4.69) is 0 Å². The summed E-state index contributed by atoms with van der Waals surface area (Å²) in [7, 11) is 0. The van der Waals surface area contributed by atoms with E-state index in [1.807, 2.05) is 6.92 Å². The van der Waals surface area contributed by atoms with Gasteiger partial charge in [0.2, 0.25) is 0 Å². The average molecular weight is 216 g/mol. The van der Waals surface area contributed by atoms with Crippen molar-refractivity contribution < 1.29 is 19.7 Å². The van der Waals surface area contributed by atoms with Crippen molar-refractivity contribution in [1.29, 1.82) is 0 Å². The molecule has 0 bridgehead atoms. The Balaban J connectivity index is 2.72. The van der Waals surface area contributed by atoms with E-state index in [-0.39, 0.29) is 0 Å². The number of carboxylic acid groups (broad SMARTS) is 1. The standard InChI is InChI=1S/C11H20O4/c1-2-4-9(10(12)13)11(14)5-3-7-15-8-6-11/h9,14H,2-8H2,1H3,(H,12,13). The molecule has 1 aliphatic rings. The van der Waals surface area contributed by atoms with Gasteiger partial charge in [0.1, 0.15) is 0 Å². The quantitative estimate of drug-likeness (QED) is 0.745. The number of carboxylic acids is 1. The maximum Gasteiger partial charge on any atom is 0.309 e. The van der Waals surface area contributed by atoms with Crippen LogP contribution in [0.1, 0.15) is 39.0 Å². The van der Waals surface area contributed by atoms with Crippen LogP contribution in [0.25, 0.3) is 0 Å². The SMILES string of the molecule is CCCC(C(=O)O)C1(O)CCCOCC1. The minimum absolute atomic E-state index is 0.434. The van der Waals surface area contributed by atoms with Gasteiger partial charge in [-0.2, -0.15) is 0 Å². The lowest BCUT2D eigenvalue weighted by molar-refractivity contribution is -0.154. The maximum atomic E-state index is 11.1. The third-order valence-corrected chi connectivity index (χ3v) is 3.10. The molecule has 2 atom stereocenters. The molecule has 88 valence electrons. The second-order valence-corrected chi connectivity index (χ2v) is 4.25. The first-order chi connectivity index (χ1) is 7.10. The van der Waals surface area contributed by atoms with Crippen LogP contribution in [-0.4, -0.2) is 35.0 Å². The van der Waals surface area contributed by atoms with Crippen LogP contribution in [0.15, 0.2) is 0 Å². The van der Waals surface area contributed by atoms with Crippen LogP contribution in [0.5, 0.6) is 0 Å². The summed E-state index contributed by atoms with van der Waals surface area (Å²) in [5.41, 5.74) is -1.07. The molecule has 2 N–H and O–H groups in total. The number of carbonyl (C=O) groups is 1. The fraction of sp³-hybridized carbons (Fsp3) is 0.909. The second-order valence-electron chi connectivity index (χ2n) is 4.25. The van der Waals surface area contributed by atoms with Crippen molar-refractivity contribution in [1.82, 2.24) is 0 Å². The summed E-state index contributed by atoms with van der Waals surface area (Å²) >= 11 is 0. The molecule has 0 saturated carbocycles. The van der Waals surface area contributed by atoms with Gasteiger partial charge in [-0.3, -0.25) is 4.79 Å². The monoisotopic (exact) mass is 216 g/mol. The van der Waals surface area contributed by atoms with E-state index in [1.165, 1.54) is 0 Å². The zero-order valence-corrected chi connectivity index (χ0v) is 9.24. The van der Waals surface area contributed by atoms with E-state index < -0.39 is 17.5 Å². The Bertz CT molecular complexity index is 207. The molecule has 0 aromatic rings. The zero-order chi connectivity index (χ0) is 11.3. The van der Waals surface area contributed by atoms with Crippen molar-refractivity contribution in [2.75, 3.05) is 13.2 Å². The Labute approximate surface area is 90.2 Å². The molecule has 0 radical (unpaired) electrons. The lowest BCUT2D eigenvalue weighted by atomic mass is 9.79. The van der Waals surface area contributed by atoms with Crippen molar-refractivity contribution in [3.05, 3.63) is 0 Å². The Hall–Kier alpha value is -0.610. The molecule has 0 aromatic heterocycles. The lowest BCUT2D eigenvalue weighted by Crippen LogP contribution is -2.42. The Morgan fingerprint density at radius 1 is 1.47 bits per heavy atom. The van der Waals surface area contributed by atoms with Crippen LogP contribution in [0.4, 0.5) is 0 Å². The molecule has 1 aliphatic heterocycles. The fourth-order valence-corrected chi connectivity index (χ4v) is 2.22. The minimum Gasteiger partial charge on any atom is -0.481 e. The highest BCUT2D eigenvalue weighted by Gasteiger charge is 2.40. The average Bonchev–Trinajstić information content (AvgIpc) is 2.39. The van der Waals surface area contributed by atoms with E-state index >= 15 is 0 Å². The topological polar surface area (TPSA) is 66.8 Å². The van der Waals surface area contributed by atoms with Gasteiger partial charge in [0.05, 0.1) is 11.5 Å². The predicted octanol–water partition coefficient (Wildman–Crippen LogP) is 1.42. The molecule has 1 saturated heterocycles. The summed E-state index contributed by atoms with van der Waals surface area (Å²) in [5, 5.41) is 19.5. The van der Waals surface area contributed by atoms with Gasteiger partial charge in [0.15, 0.2) is 0 Å². The number of hydrogen-bond donors (Lipinski definition) is 2. The first-order valence-electron chi connectivity index (χ1n) is 5.63. The summed E-state index contributed by atoms with van der Waals surface area (Å²) in [6.07, 6.45) is 3.02. The molecule has 2 unspecified atom stereocenters. The zero-order valence-electron chi connectivity index (χ0n) is 9.24. The summed E-state index contributed by atoms with van der Waals surface area (Å²) < 4.78 is 5.25. The third kappa shape index (κ3) is 3.18. The van der Waals surface area contributed by atoms with Crippen LogP contribution in [0.2, 0.25) is 0 Å².